The first kappa shape index (κ1) is 14.0. The topological polar surface area (TPSA) is 58.4 Å². The van der Waals surface area contributed by atoms with E-state index in [1.165, 1.54) is 5.01 Å². The highest BCUT2D eigenvalue weighted by Crippen LogP contribution is 2.53. The minimum absolute atomic E-state index is 0.141. The van der Waals surface area contributed by atoms with Gasteiger partial charge in [0.1, 0.15) is 10.8 Å². The van der Waals surface area contributed by atoms with Crippen molar-refractivity contribution >= 4 is 17.2 Å². The molecule has 3 heterocycles. The van der Waals surface area contributed by atoms with E-state index in [-0.39, 0.29) is 5.91 Å². The fourth-order valence-electron chi connectivity index (χ4n) is 3.58. The molecule has 1 N–H and O–H groups in total. The van der Waals surface area contributed by atoms with Gasteiger partial charge >= 0.3 is 0 Å². The van der Waals surface area contributed by atoms with Gasteiger partial charge in [-0.2, -0.15) is 0 Å². The van der Waals surface area contributed by atoms with Crippen LogP contribution in [0.4, 0.5) is 0 Å². The van der Waals surface area contributed by atoms with E-state index in [0.29, 0.717) is 30.7 Å². The maximum absolute atomic E-state index is 12.0. The van der Waals surface area contributed by atoms with Gasteiger partial charge in [-0.1, -0.05) is 0 Å². The molecule has 1 saturated carbocycles. The van der Waals surface area contributed by atoms with E-state index in [0.717, 1.165) is 25.4 Å². The van der Waals surface area contributed by atoms with E-state index in [9.17, 15) is 4.79 Å². The molecule has 0 bridgehead atoms. The number of rotatable bonds is 6. The van der Waals surface area contributed by atoms with Gasteiger partial charge in [-0.05, 0) is 29.9 Å². The third-order valence-corrected chi connectivity index (χ3v) is 5.51. The van der Waals surface area contributed by atoms with Gasteiger partial charge in [-0.15, -0.1) is 11.3 Å². The average Bonchev–Trinajstić information content (AvgIpc) is 3.07. The van der Waals surface area contributed by atoms with Crippen molar-refractivity contribution in [1.82, 2.24) is 15.2 Å². The van der Waals surface area contributed by atoms with E-state index in [1.54, 1.807) is 17.6 Å². The summed E-state index contributed by atoms with van der Waals surface area (Å²) in [6.07, 6.45) is 4.15. The largest absolute Gasteiger partial charge is 0.467 e. The van der Waals surface area contributed by atoms with Crippen LogP contribution in [0.1, 0.15) is 17.2 Å². The molecule has 5 nitrogen and oxygen atoms in total. The quantitative estimate of drug-likeness (QED) is 0.886. The normalized spacial score (nSPS) is 26.8. The summed E-state index contributed by atoms with van der Waals surface area (Å²) in [5, 5.41) is 6.15. The molecule has 2 aromatic rings. The molecule has 1 unspecified atom stereocenters. The first-order chi connectivity index (χ1) is 10.8. The van der Waals surface area contributed by atoms with E-state index >= 15 is 0 Å². The Bertz CT molecular complexity index is 614. The number of carbonyl (C=O) groups excluding carboxylic acids is 1. The number of amides is 1. The summed E-state index contributed by atoms with van der Waals surface area (Å²) in [6, 6.07) is 3.71. The molecule has 0 spiro atoms. The highest BCUT2D eigenvalue weighted by molar-refractivity contribution is 7.09. The minimum atomic E-state index is 0.141. The number of hydrogen-bond acceptors (Lipinski definition) is 5. The van der Waals surface area contributed by atoms with Crippen LogP contribution in [0.2, 0.25) is 0 Å². The Labute approximate surface area is 133 Å². The molecular formula is C16H19N3O2S. The third kappa shape index (κ3) is 2.94. The predicted molar refractivity (Wildman–Crippen MR) is 83.0 cm³/mol. The van der Waals surface area contributed by atoms with Crippen LogP contribution in [0.3, 0.4) is 0 Å². The Morgan fingerprint density at radius 3 is 3.00 bits per heavy atom. The van der Waals surface area contributed by atoms with Crippen molar-refractivity contribution in [2.24, 2.45) is 17.8 Å². The third-order valence-electron chi connectivity index (χ3n) is 4.75. The van der Waals surface area contributed by atoms with Crippen LogP contribution in [-0.4, -0.2) is 28.9 Å². The number of piperidine rings is 1. The molecule has 0 aromatic carbocycles. The van der Waals surface area contributed by atoms with Crippen LogP contribution in [0.15, 0.2) is 34.4 Å². The van der Waals surface area contributed by atoms with E-state index in [1.807, 2.05) is 23.7 Å². The number of carbonyl (C=O) groups is 1. The first-order valence-corrected chi connectivity index (χ1v) is 8.57. The summed E-state index contributed by atoms with van der Waals surface area (Å²) in [4.78, 5) is 18.8. The maximum atomic E-state index is 12.0. The molecule has 2 aromatic heterocycles. The molecule has 22 heavy (non-hydrogen) atoms. The molecule has 2 fully saturated rings. The zero-order valence-electron chi connectivity index (χ0n) is 12.3. The van der Waals surface area contributed by atoms with Crippen LogP contribution in [0, 0.1) is 17.8 Å². The number of nitrogens with zero attached hydrogens (tertiary/aromatic N) is 2. The monoisotopic (exact) mass is 317 g/mol. The Kier molecular flexibility index (Phi) is 3.72. The zero-order chi connectivity index (χ0) is 14.9. The van der Waals surface area contributed by atoms with Crippen molar-refractivity contribution in [3.8, 4) is 0 Å². The molecule has 1 aliphatic carbocycles. The highest BCUT2D eigenvalue weighted by Gasteiger charge is 2.55. The lowest BCUT2D eigenvalue weighted by atomic mass is 10.2. The van der Waals surface area contributed by atoms with Crippen LogP contribution < -0.4 is 5.32 Å². The van der Waals surface area contributed by atoms with Gasteiger partial charge < -0.3 is 9.73 Å². The lowest BCUT2D eigenvalue weighted by Crippen LogP contribution is -2.27. The summed E-state index contributed by atoms with van der Waals surface area (Å²) in [6.45, 7) is 3.67. The smallest absolute Gasteiger partial charge is 0.220 e. The van der Waals surface area contributed by atoms with Crippen LogP contribution in [0.5, 0.6) is 0 Å². The SMILES string of the molecule is O=C(CC1[C@H]2CN(Cc3nccs3)C[C@@H]12)NCc1ccco1. The molecule has 1 aliphatic heterocycles. The molecule has 1 saturated heterocycles. The Balaban J connectivity index is 1.19. The fraction of sp³-hybridized carbons (Fsp3) is 0.500. The zero-order valence-corrected chi connectivity index (χ0v) is 13.1. The van der Waals surface area contributed by atoms with Crippen LogP contribution in [-0.2, 0) is 17.9 Å². The Hall–Kier alpha value is -1.66. The predicted octanol–water partition coefficient (Wildman–Crippen LogP) is 2.12. The molecule has 0 radical (unpaired) electrons. The molecule has 4 rings (SSSR count). The number of likely N-dealkylation sites (tertiary alicyclic amines) is 1. The number of thiazole rings is 1. The summed E-state index contributed by atoms with van der Waals surface area (Å²) >= 11 is 1.72. The molecule has 116 valence electrons. The van der Waals surface area contributed by atoms with Gasteiger partial charge in [0.25, 0.3) is 0 Å². The summed E-state index contributed by atoms with van der Waals surface area (Å²) in [5.41, 5.74) is 0. The van der Waals surface area contributed by atoms with Crippen molar-refractivity contribution in [3.63, 3.8) is 0 Å². The van der Waals surface area contributed by atoms with Gasteiger partial charge in [0.15, 0.2) is 0 Å². The highest BCUT2D eigenvalue weighted by atomic mass is 32.1. The van der Waals surface area contributed by atoms with Crippen molar-refractivity contribution < 1.29 is 9.21 Å². The van der Waals surface area contributed by atoms with Gasteiger partial charge in [0, 0.05) is 31.1 Å². The van der Waals surface area contributed by atoms with Crippen molar-refractivity contribution in [1.29, 1.82) is 0 Å². The second-order valence-corrected chi connectivity index (χ2v) is 7.15. The van der Waals surface area contributed by atoms with Crippen LogP contribution in [0.25, 0.3) is 0 Å². The van der Waals surface area contributed by atoms with Crippen molar-refractivity contribution in [2.75, 3.05) is 13.1 Å². The summed E-state index contributed by atoms with van der Waals surface area (Å²) in [7, 11) is 0. The van der Waals surface area contributed by atoms with Gasteiger partial charge in [-0.25, -0.2) is 4.98 Å². The fourth-order valence-corrected chi connectivity index (χ4v) is 4.23. The second-order valence-electron chi connectivity index (χ2n) is 6.17. The first-order valence-electron chi connectivity index (χ1n) is 7.69. The average molecular weight is 317 g/mol. The van der Waals surface area contributed by atoms with E-state index < -0.39 is 0 Å². The minimum Gasteiger partial charge on any atom is -0.467 e. The lowest BCUT2D eigenvalue weighted by Gasteiger charge is -2.17. The standard InChI is InChI=1S/C16H19N3O2S/c20-15(18-7-11-2-1-4-21-11)6-12-13-8-19(9-14(12)13)10-16-17-3-5-22-16/h1-5,12-14H,6-10H2,(H,18,20)/t12?,13-,14+. The summed E-state index contributed by atoms with van der Waals surface area (Å²) in [5.74, 6) is 2.93. The number of nitrogens with one attached hydrogen (secondary N) is 1. The molecular weight excluding hydrogens is 298 g/mol. The number of fused-ring (bicyclic) bond motifs is 1. The Morgan fingerprint density at radius 1 is 1.45 bits per heavy atom. The number of aromatic nitrogens is 1. The Morgan fingerprint density at radius 2 is 2.32 bits per heavy atom. The number of hydrogen-bond donors (Lipinski definition) is 1. The van der Waals surface area contributed by atoms with Crippen LogP contribution >= 0.6 is 11.3 Å². The van der Waals surface area contributed by atoms with E-state index in [2.05, 4.69) is 15.2 Å². The summed E-state index contributed by atoms with van der Waals surface area (Å²) < 4.78 is 5.22. The molecule has 6 heteroatoms. The van der Waals surface area contributed by atoms with Gasteiger partial charge in [0.05, 0.1) is 19.4 Å². The molecule has 3 atom stereocenters. The molecule has 1 amide bonds. The van der Waals surface area contributed by atoms with Gasteiger partial charge in [0.2, 0.25) is 5.91 Å². The number of furan rings is 1. The maximum Gasteiger partial charge on any atom is 0.220 e. The second kappa shape index (κ2) is 5.85. The lowest BCUT2D eigenvalue weighted by molar-refractivity contribution is -0.121. The van der Waals surface area contributed by atoms with Crippen molar-refractivity contribution in [3.05, 3.63) is 40.7 Å². The van der Waals surface area contributed by atoms with Gasteiger partial charge in [-0.3, -0.25) is 9.69 Å². The van der Waals surface area contributed by atoms with E-state index in [4.69, 9.17) is 4.42 Å². The molecule has 2 aliphatic rings. The van der Waals surface area contributed by atoms with Crippen molar-refractivity contribution in [2.45, 2.75) is 19.5 Å².